The second kappa shape index (κ2) is 7.86. The van der Waals surface area contributed by atoms with Crippen LogP contribution in [0.3, 0.4) is 0 Å². The van der Waals surface area contributed by atoms with Gasteiger partial charge in [0.1, 0.15) is 24.8 Å². The van der Waals surface area contributed by atoms with Crippen molar-refractivity contribution in [2.75, 3.05) is 11.6 Å². The Kier molecular flexibility index (Phi) is 5.31. The van der Waals surface area contributed by atoms with Gasteiger partial charge in [0.15, 0.2) is 0 Å². The van der Waals surface area contributed by atoms with E-state index in [1.165, 1.54) is 15.7 Å². The molecule has 4 rings (SSSR count). The molecule has 27 heavy (non-hydrogen) atoms. The van der Waals surface area contributed by atoms with Crippen LogP contribution in [0.4, 0.5) is 15.8 Å². The summed E-state index contributed by atoms with van der Waals surface area (Å²) >= 11 is 8.72. The van der Waals surface area contributed by atoms with Gasteiger partial charge in [-0.3, -0.25) is 4.99 Å². The summed E-state index contributed by atoms with van der Waals surface area (Å²) in [6.07, 6.45) is 1.89. The number of ether oxygens (including phenoxy) is 1. The van der Waals surface area contributed by atoms with Gasteiger partial charge in [0.05, 0.1) is 10.7 Å². The van der Waals surface area contributed by atoms with Gasteiger partial charge < -0.3 is 9.64 Å². The van der Waals surface area contributed by atoms with E-state index in [4.69, 9.17) is 16.3 Å². The first-order valence-corrected chi connectivity index (χ1v) is 9.79. The fourth-order valence-corrected chi connectivity index (χ4v) is 3.70. The van der Waals surface area contributed by atoms with Crippen LogP contribution in [-0.2, 0) is 6.61 Å². The third-order valence-corrected chi connectivity index (χ3v) is 5.21. The van der Waals surface area contributed by atoms with Crippen LogP contribution in [0.2, 0.25) is 5.02 Å². The molecular formula is C21H15ClFIN2O. The van der Waals surface area contributed by atoms with Gasteiger partial charge in [-0.1, -0.05) is 23.7 Å². The van der Waals surface area contributed by atoms with Gasteiger partial charge in [-0.25, -0.2) is 4.39 Å². The maximum absolute atomic E-state index is 13.3. The van der Waals surface area contributed by atoms with E-state index in [0.29, 0.717) is 17.4 Å². The minimum absolute atomic E-state index is 0.256. The normalized spacial score (nSPS) is 12.8. The largest absolute Gasteiger partial charge is 0.487 e. The highest BCUT2D eigenvalue weighted by atomic mass is 127. The quantitative estimate of drug-likeness (QED) is 0.406. The van der Waals surface area contributed by atoms with E-state index in [1.54, 1.807) is 6.07 Å². The highest BCUT2D eigenvalue weighted by Crippen LogP contribution is 2.35. The van der Waals surface area contributed by atoms with Gasteiger partial charge >= 0.3 is 0 Å². The molecule has 0 saturated carbocycles. The number of rotatable bonds is 4. The number of anilines is 2. The summed E-state index contributed by atoms with van der Waals surface area (Å²) < 4.78 is 20.2. The van der Waals surface area contributed by atoms with Gasteiger partial charge in [-0.05, 0) is 76.7 Å². The number of halogens is 3. The van der Waals surface area contributed by atoms with Crippen LogP contribution in [0.25, 0.3) is 0 Å². The molecule has 0 aliphatic carbocycles. The molecule has 1 heterocycles. The maximum atomic E-state index is 13.3. The summed E-state index contributed by atoms with van der Waals surface area (Å²) in [7, 11) is 0. The molecule has 0 aromatic heterocycles. The van der Waals surface area contributed by atoms with E-state index in [1.807, 2.05) is 30.5 Å². The summed E-state index contributed by atoms with van der Waals surface area (Å²) in [6, 6.07) is 18.3. The zero-order valence-electron chi connectivity index (χ0n) is 14.2. The first kappa shape index (κ1) is 18.3. The summed E-state index contributed by atoms with van der Waals surface area (Å²) in [4.78, 5) is 6.55. The molecular weight excluding hydrogens is 478 g/mol. The van der Waals surface area contributed by atoms with E-state index in [0.717, 1.165) is 22.5 Å². The van der Waals surface area contributed by atoms with Crippen molar-refractivity contribution in [2.24, 2.45) is 4.99 Å². The van der Waals surface area contributed by atoms with E-state index >= 15 is 0 Å². The van der Waals surface area contributed by atoms with Crippen molar-refractivity contribution in [1.29, 1.82) is 0 Å². The molecule has 1 aliphatic rings. The zero-order valence-corrected chi connectivity index (χ0v) is 17.1. The Labute approximate surface area is 175 Å². The number of hydrogen-bond acceptors (Lipinski definition) is 3. The fourth-order valence-electron chi connectivity index (χ4n) is 2.95. The first-order valence-electron chi connectivity index (χ1n) is 8.34. The van der Waals surface area contributed by atoms with Crippen molar-refractivity contribution < 1.29 is 9.13 Å². The molecule has 1 aliphatic heterocycles. The third kappa shape index (κ3) is 4.09. The minimum Gasteiger partial charge on any atom is -0.487 e. The van der Waals surface area contributed by atoms with Crippen LogP contribution in [-0.4, -0.2) is 12.9 Å². The van der Waals surface area contributed by atoms with E-state index < -0.39 is 0 Å². The number of hydrogen-bond donors (Lipinski definition) is 0. The molecule has 3 nitrogen and oxygen atoms in total. The number of benzene rings is 3. The Balaban J connectivity index is 1.55. The molecule has 3 aromatic carbocycles. The van der Waals surface area contributed by atoms with Gasteiger partial charge in [0, 0.05) is 21.0 Å². The van der Waals surface area contributed by atoms with Crippen molar-refractivity contribution in [3.05, 3.63) is 86.2 Å². The average Bonchev–Trinajstić information content (AvgIpc) is 2.66. The molecule has 136 valence electrons. The molecule has 3 aromatic rings. The van der Waals surface area contributed by atoms with E-state index in [2.05, 4.69) is 50.7 Å². The monoisotopic (exact) mass is 492 g/mol. The molecule has 0 radical (unpaired) electrons. The molecule has 0 saturated heterocycles. The molecule has 0 atom stereocenters. The van der Waals surface area contributed by atoms with Crippen molar-refractivity contribution >= 4 is 51.8 Å². The lowest BCUT2D eigenvalue weighted by Crippen LogP contribution is -2.22. The second-order valence-electron chi connectivity index (χ2n) is 6.12. The third-order valence-electron chi connectivity index (χ3n) is 4.24. The molecule has 0 amide bonds. The highest BCUT2D eigenvalue weighted by molar-refractivity contribution is 14.1. The fraction of sp³-hybridized carbons (Fsp3) is 0.0952. The summed E-state index contributed by atoms with van der Waals surface area (Å²) in [6.45, 7) is 0.791. The predicted molar refractivity (Wildman–Crippen MR) is 116 cm³/mol. The Hall–Kier alpha value is -2.12. The molecule has 0 spiro atoms. The predicted octanol–water partition coefficient (Wildman–Crippen LogP) is 6.19. The number of aliphatic imine (C=N–C) groups is 1. The zero-order chi connectivity index (χ0) is 18.8. The van der Waals surface area contributed by atoms with Crippen LogP contribution in [0.15, 0.2) is 65.7 Å². The maximum Gasteiger partial charge on any atom is 0.138 e. The van der Waals surface area contributed by atoms with Crippen LogP contribution in [0, 0.1) is 9.39 Å². The van der Waals surface area contributed by atoms with Crippen LogP contribution in [0.1, 0.15) is 11.1 Å². The van der Waals surface area contributed by atoms with E-state index in [-0.39, 0.29) is 12.4 Å². The van der Waals surface area contributed by atoms with Gasteiger partial charge in [0.25, 0.3) is 0 Å². The molecule has 6 heteroatoms. The molecule has 0 bridgehead atoms. The lowest BCUT2D eigenvalue weighted by molar-refractivity contribution is 0.306. The van der Waals surface area contributed by atoms with Crippen LogP contribution >= 0.6 is 34.2 Å². The topological polar surface area (TPSA) is 24.8 Å². The Morgan fingerprint density at radius 1 is 1.11 bits per heavy atom. The number of nitrogens with zero attached hydrogens (tertiary/aromatic N) is 2. The molecule has 0 unspecified atom stereocenters. The lowest BCUT2D eigenvalue weighted by atomic mass is 10.1. The smallest absolute Gasteiger partial charge is 0.138 e. The molecule has 0 N–H and O–H groups in total. The van der Waals surface area contributed by atoms with Crippen molar-refractivity contribution in [3.8, 4) is 5.75 Å². The number of fused-ring (bicyclic) bond motifs is 1. The average molecular weight is 493 g/mol. The lowest BCUT2D eigenvalue weighted by Gasteiger charge is -2.28. The van der Waals surface area contributed by atoms with Gasteiger partial charge in [0.2, 0.25) is 0 Å². The van der Waals surface area contributed by atoms with Gasteiger partial charge in [-0.2, -0.15) is 0 Å². The SMILES string of the molecule is Fc1cccc(COc2ccc(N3CN=Cc4cc(I)ccc43)cc2Cl)c1. The van der Waals surface area contributed by atoms with Crippen molar-refractivity contribution in [2.45, 2.75) is 6.61 Å². The minimum atomic E-state index is -0.281. The summed E-state index contributed by atoms with van der Waals surface area (Å²) in [5, 5.41) is 0.505. The van der Waals surface area contributed by atoms with E-state index in [9.17, 15) is 4.39 Å². The Morgan fingerprint density at radius 3 is 2.81 bits per heavy atom. The van der Waals surface area contributed by atoms with Crippen molar-refractivity contribution in [1.82, 2.24) is 0 Å². The summed E-state index contributed by atoms with van der Waals surface area (Å²) in [5.74, 6) is 0.282. The highest BCUT2D eigenvalue weighted by Gasteiger charge is 2.17. The van der Waals surface area contributed by atoms with Crippen LogP contribution in [0.5, 0.6) is 5.75 Å². The van der Waals surface area contributed by atoms with Crippen LogP contribution < -0.4 is 9.64 Å². The summed E-state index contributed by atoms with van der Waals surface area (Å²) in [5.41, 5.74) is 3.87. The standard InChI is InChI=1S/C21H15ClFIN2O/c22-19-10-18(26-13-25-11-15-9-17(24)4-6-20(15)26)5-7-21(19)27-12-14-2-1-3-16(23)8-14/h1-11H,12-13H2. The first-order chi connectivity index (χ1) is 13.1. The molecule has 0 fully saturated rings. The second-order valence-corrected chi connectivity index (χ2v) is 7.77. The Morgan fingerprint density at radius 2 is 2.00 bits per heavy atom. The van der Waals surface area contributed by atoms with Gasteiger partial charge in [-0.15, -0.1) is 0 Å². The van der Waals surface area contributed by atoms with Crippen molar-refractivity contribution in [3.63, 3.8) is 0 Å². The Bertz CT molecular complexity index is 1020.